The molecule has 0 radical (unpaired) electrons. The average Bonchev–Trinajstić information content (AvgIpc) is 2.98. The van der Waals surface area contributed by atoms with Gasteiger partial charge in [-0.05, 0) is 49.1 Å². The van der Waals surface area contributed by atoms with Gasteiger partial charge in [-0.25, -0.2) is 4.79 Å². The maximum Gasteiger partial charge on any atom is 0.337 e. The van der Waals surface area contributed by atoms with Crippen LogP contribution in [0.5, 0.6) is 0 Å². The number of ether oxygens (including phenoxy) is 1. The van der Waals surface area contributed by atoms with Crippen molar-refractivity contribution in [3.05, 3.63) is 65.2 Å². The molecule has 1 unspecified atom stereocenters. The Hall–Kier alpha value is -3.15. The summed E-state index contributed by atoms with van der Waals surface area (Å²) in [7, 11) is 1.37. The van der Waals surface area contributed by atoms with E-state index in [0.717, 1.165) is 31.6 Å². The zero-order chi connectivity index (χ0) is 19.7. The molecule has 144 valence electrons. The summed E-state index contributed by atoms with van der Waals surface area (Å²) in [6.45, 7) is 2.03. The number of esters is 1. The second-order valence-electron chi connectivity index (χ2n) is 7.26. The quantitative estimate of drug-likeness (QED) is 0.604. The summed E-state index contributed by atoms with van der Waals surface area (Å²) in [5.41, 5.74) is 2.45. The molecular formula is C22H22N2O4. The van der Waals surface area contributed by atoms with Crippen LogP contribution in [-0.4, -0.2) is 49.4 Å². The van der Waals surface area contributed by atoms with Gasteiger partial charge in [-0.2, -0.15) is 0 Å². The number of benzene rings is 2. The number of anilines is 1. The Kier molecular flexibility index (Phi) is 4.86. The molecule has 0 bridgehead atoms. The number of fused-ring (bicyclic) bond motifs is 1. The summed E-state index contributed by atoms with van der Waals surface area (Å²) >= 11 is 0. The van der Waals surface area contributed by atoms with Crippen LogP contribution in [0, 0.1) is 5.92 Å². The van der Waals surface area contributed by atoms with E-state index in [0.29, 0.717) is 23.2 Å². The fraction of sp³-hybridized carbons (Fsp3) is 0.318. The minimum Gasteiger partial charge on any atom is -0.465 e. The van der Waals surface area contributed by atoms with E-state index in [-0.39, 0.29) is 23.7 Å². The summed E-state index contributed by atoms with van der Waals surface area (Å²) in [6.07, 6.45) is 1.93. The van der Waals surface area contributed by atoms with E-state index < -0.39 is 0 Å². The molecule has 2 heterocycles. The molecule has 2 aromatic carbocycles. The molecule has 1 atom stereocenters. The lowest BCUT2D eigenvalue weighted by Gasteiger charge is -2.35. The molecule has 2 aromatic rings. The number of amides is 2. The summed E-state index contributed by atoms with van der Waals surface area (Å²) in [4.78, 5) is 40.6. The molecule has 1 fully saturated rings. The van der Waals surface area contributed by atoms with Gasteiger partial charge < -0.3 is 9.64 Å². The van der Waals surface area contributed by atoms with Crippen LogP contribution < -0.4 is 4.90 Å². The van der Waals surface area contributed by atoms with E-state index in [2.05, 4.69) is 4.90 Å². The van der Waals surface area contributed by atoms with Crippen LogP contribution in [0.2, 0.25) is 0 Å². The van der Waals surface area contributed by atoms with Crippen LogP contribution in [0.1, 0.15) is 43.9 Å². The smallest absolute Gasteiger partial charge is 0.337 e. The highest BCUT2D eigenvalue weighted by Gasteiger charge is 2.37. The minimum absolute atomic E-state index is 0.192. The van der Waals surface area contributed by atoms with Gasteiger partial charge in [0, 0.05) is 25.3 Å². The number of carbonyl (C=O) groups excluding carboxylic acids is 3. The standard InChI is InChI=1S/C22H22N2O4/c1-28-22(27)16-7-4-8-17(12-16)23-11-5-6-15(13-23)14-24-20(25)18-9-2-3-10-19(18)21(24)26/h2-4,7-10,12,15H,5-6,11,13-14H2,1H3. The first-order chi connectivity index (χ1) is 13.6. The van der Waals surface area contributed by atoms with Crippen LogP contribution >= 0.6 is 0 Å². The molecule has 6 nitrogen and oxygen atoms in total. The second kappa shape index (κ2) is 7.46. The summed E-state index contributed by atoms with van der Waals surface area (Å²) in [6, 6.07) is 14.4. The normalized spacial score (nSPS) is 19.0. The fourth-order valence-corrected chi connectivity index (χ4v) is 4.06. The van der Waals surface area contributed by atoms with Crippen molar-refractivity contribution in [3.8, 4) is 0 Å². The van der Waals surface area contributed by atoms with Gasteiger partial charge >= 0.3 is 5.97 Å². The van der Waals surface area contributed by atoms with Crippen molar-refractivity contribution in [3.63, 3.8) is 0 Å². The maximum atomic E-state index is 12.6. The molecule has 2 amide bonds. The molecule has 0 saturated carbocycles. The van der Waals surface area contributed by atoms with Gasteiger partial charge in [0.2, 0.25) is 0 Å². The molecule has 2 aliphatic heterocycles. The first-order valence-corrected chi connectivity index (χ1v) is 9.47. The maximum absolute atomic E-state index is 12.6. The number of piperidine rings is 1. The lowest BCUT2D eigenvalue weighted by Crippen LogP contribution is -2.42. The summed E-state index contributed by atoms with van der Waals surface area (Å²) < 4.78 is 4.80. The predicted molar refractivity (Wildman–Crippen MR) is 105 cm³/mol. The molecule has 0 aliphatic carbocycles. The van der Waals surface area contributed by atoms with E-state index in [4.69, 9.17) is 4.74 Å². The number of hydrogen-bond donors (Lipinski definition) is 0. The van der Waals surface area contributed by atoms with Crippen molar-refractivity contribution in [2.75, 3.05) is 31.6 Å². The third kappa shape index (κ3) is 3.26. The fourth-order valence-electron chi connectivity index (χ4n) is 4.06. The molecule has 0 aromatic heterocycles. The summed E-state index contributed by atoms with van der Waals surface area (Å²) in [5.74, 6) is -0.574. The van der Waals surface area contributed by atoms with Gasteiger partial charge in [0.25, 0.3) is 11.8 Å². The van der Waals surface area contributed by atoms with Gasteiger partial charge in [0.15, 0.2) is 0 Å². The third-order valence-electron chi connectivity index (χ3n) is 5.47. The van der Waals surface area contributed by atoms with Crippen LogP contribution in [0.25, 0.3) is 0 Å². The van der Waals surface area contributed by atoms with Crippen LogP contribution in [0.15, 0.2) is 48.5 Å². The van der Waals surface area contributed by atoms with Crippen molar-refractivity contribution in [2.45, 2.75) is 12.8 Å². The first kappa shape index (κ1) is 18.2. The Morgan fingerprint density at radius 3 is 2.46 bits per heavy atom. The van der Waals surface area contributed by atoms with Crippen molar-refractivity contribution in [2.24, 2.45) is 5.92 Å². The zero-order valence-corrected chi connectivity index (χ0v) is 15.8. The van der Waals surface area contributed by atoms with E-state index in [9.17, 15) is 14.4 Å². The lowest BCUT2D eigenvalue weighted by molar-refractivity contribution is 0.0595. The number of carbonyl (C=O) groups is 3. The van der Waals surface area contributed by atoms with Crippen molar-refractivity contribution in [1.29, 1.82) is 0 Å². The van der Waals surface area contributed by atoms with Crippen molar-refractivity contribution in [1.82, 2.24) is 4.90 Å². The molecule has 0 spiro atoms. The second-order valence-corrected chi connectivity index (χ2v) is 7.26. The van der Waals surface area contributed by atoms with Gasteiger partial charge in [0.1, 0.15) is 0 Å². The van der Waals surface area contributed by atoms with E-state index in [1.807, 2.05) is 18.2 Å². The number of imide groups is 1. The molecule has 1 saturated heterocycles. The Balaban J connectivity index is 1.47. The van der Waals surface area contributed by atoms with E-state index in [1.165, 1.54) is 12.0 Å². The molecule has 4 rings (SSSR count). The average molecular weight is 378 g/mol. The van der Waals surface area contributed by atoms with Crippen molar-refractivity contribution >= 4 is 23.5 Å². The highest BCUT2D eigenvalue weighted by atomic mass is 16.5. The SMILES string of the molecule is COC(=O)c1cccc(N2CCCC(CN3C(=O)c4ccccc4C3=O)C2)c1. The highest BCUT2D eigenvalue weighted by Crippen LogP contribution is 2.28. The number of hydrogen-bond acceptors (Lipinski definition) is 5. The van der Waals surface area contributed by atoms with Gasteiger partial charge in [0.05, 0.1) is 23.8 Å². The predicted octanol–water partition coefficient (Wildman–Crippen LogP) is 2.99. The third-order valence-corrected chi connectivity index (χ3v) is 5.47. The Labute approximate surface area is 163 Å². The molecule has 2 aliphatic rings. The van der Waals surface area contributed by atoms with Crippen molar-refractivity contribution < 1.29 is 19.1 Å². The highest BCUT2D eigenvalue weighted by molar-refractivity contribution is 6.21. The Morgan fingerprint density at radius 1 is 1.07 bits per heavy atom. The first-order valence-electron chi connectivity index (χ1n) is 9.47. The van der Waals surface area contributed by atoms with E-state index in [1.54, 1.807) is 30.3 Å². The summed E-state index contributed by atoms with van der Waals surface area (Å²) in [5, 5.41) is 0. The number of rotatable bonds is 4. The van der Waals surface area contributed by atoms with Gasteiger partial charge in [-0.15, -0.1) is 0 Å². The molecular weight excluding hydrogens is 356 g/mol. The van der Waals surface area contributed by atoms with Crippen LogP contribution in [0.3, 0.4) is 0 Å². The molecule has 0 N–H and O–H groups in total. The number of nitrogens with zero attached hydrogens (tertiary/aromatic N) is 2. The van der Waals surface area contributed by atoms with Crippen LogP contribution in [-0.2, 0) is 4.74 Å². The monoisotopic (exact) mass is 378 g/mol. The van der Waals surface area contributed by atoms with Gasteiger partial charge in [-0.3, -0.25) is 14.5 Å². The molecule has 28 heavy (non-hydrogen) atoms. The Morgan fingerprint density at radius 2 is 1.79 bits per heavy atom. The van der Waals surface area contributed by atoms with Crippen LogP contribution in [0.4, 0.5) is 5.69 Å². The topological polar surface area (TPSA) is 66.9 Å². The molecule has 6 heteroatoms. The van der Waals surface area contributed by atoms with E-state index >= 15 is 0 Å². The largest absolute Gasteiger partial charge is 0.465 e. The lowest BCUT2D eigenvalue weighted by atomic mass is 9.96. The zero-order valence-electron chi connectivity index (χ0n) is 15.8. The Bertz CT molecular complexity index is 905. The minimum atomic E-state index is -0.360. The van der Waals surface area contributed by atoms with Gasteiger partial charge in [-0.1, -0.05) is 18.2 Å². The number of methoxy groups -OCH3 is 1.